The number of nitrogens with zero attached hydrogens (tertiary/aromatic N) is 5. The van der Waals surface area contributed by atoms with E-state index in [2.05, 4.69) is 15.4 Å². The van der Waals surface area contributed by atoms with Gasteiger partial charge < -0.3 is 24.6 Å². The van der Waals surface area contributed by atoms with Gasteiger partial charge in [-0.2, -0.15) is 5.10 Å². The summed E-state index contributed by atoms with van der Waals surface area (Å²) in [7, 11) is 8.86. The summed E-state index contributed by atoms with van der Waals surface area (Å²) in [5.41, 5.74) is 3.42. The van der Waals surface area contributed by atoms with Crippen LogP contribution in [-0.4, -0.2) is 84.7 Å². The van der Waals surface area contributed by atoms with Crippen LogP contribution in [0.2, 0.25) is 0 Å². The largest absolute Gasteiger partial charge is 0.493 e. The van der Waals surface area contributed by atoms with Gasteiger partial charge in [0.2, 0.25) is 0 Å². The number of amides is 2. The van der Waals surface area contributed by atoms with Crippen LogP contribution in [0, 0.1) is 0 Å². The molecule has 0 saturated heterocycles. The molecule has 37 heavy (non-hydrogen) atoms. The van der Waals surface area contributed by atoms with Crippen molar-refractivity contribution in [3.63, 3.8) is 0 Å². The number of methoxy groups -OCH3 is 2. The zero-order valence-electron chi connectivity index (χ0n) is 21.6. The lowest BCUT2D eigenvalue weighted by Gasteiger charge is -2.19. The van der Waals surface area contributed by atoms with E-state index in [9.17, 15) is 9.59 Å². The highest BCUT2D eigenvalue weighted by atomic mass is 16.5. The first kappa shape index (κ1) is 25.6. The van der Waals surface area contributed by atoms with Crippen LogP contribution in [0.5, 0.6) is 11.5 Å². The van der Waals surface area contributed by atoms with E-state index in [0.29, 0.717) is 34.9 Å². The fourth-order valence-electron chi connectivity index (χ4n) is 3.78. The maximum atomic E-state index is 13.0. The Kier molecular flexibility index (Phi) is 7.69. The van der Waals surface area contributed by atoms with E-state index in [1.807, 2.05) is 43.3 Å². The van der Waals surface area contributed by atoms with Crippen LogP contribution in [0.4, 0.5) is 5.69 Å². The van der Waals surface area contributed by atoms with Crippen molar-refractivity contribution < 1.29 is 19.1 Å². The van der Waals surface area contributed by atoms with E-state index < -0.39 is 0 Å². The molecule has 0 unspecified atom stereocenters. The summed E-state index contributed by atoms with van der Waals surface area (Å²) in [4.78, 5) is 33.6. The standard InChI is InChI=1S/C27H30N6O4/c1-31(2)14-15-32(3)27(35)18-6-9-20(10-7-18)29-26(34)21-17-25-28-13-12-22(33(25)30-21)19-8-11-23(36-4)24(16-19)37-5/h6-13,16-17H,14-15H2,1-5H3,(H,29,34). The summed E-state index contributed by atoms with van der Waals surface area (Å²) in [6.07, 6.45) is 1.66. The first-order chi connectivity index (χ1) is 17.8. The molecule has 2 amide bonds. The lowest BCUT2D eigenvalue weighted by molar-refractivity contribution is 0.0786. The van der Waals surface area contributed by atoms with Crippen LogP contribution >= 0.6 is 0 Å². The predicted octanol–water partition coefficient (Wildman–Crippen LogP) is 3.30. The second-order valence-electron chi connectivity index (χ2n) is 8.76. The molecule has 0 radical (unpaired) electrons. The number of aromatic nitrogens is 3. The molecule has 2 heterocycles. The number of hydrogen-bond acceptors (Lipinski definition) is 7. The summed E-state index contributed by atoms with van der Waals surface area (Å²) in [6.45, 7) is 1.40. The van der Waals surface area contributed by atoms with Gasteiger partial charge in [0.15, 0.2) is 22.8 Å². The number of nitrogens with one attached hydrogen (secondary N) is 1. The number of hydrogen-bond donors (Lipinski definition) is 1. The van der Waals surface area contributed by atoms with Gasteiger partial charge in [-0.05, 0) is 62.6 Å². The van der Waals surface area contributed by atoms with Crippen LogP contribution < -0.4 is 14.8 Å². The van der Waals surface area contributed by atoms with Crippen molar-refractivity contribution in [3.8, 4) is 22.8 Å². The Morgan fingerprint density at radius 1 is 0.919 bits per heavy atom. The second kappa shape index (κ2) is 11.1. The zero-order valence-corrected chi connectivity index (χ0v) is 21.6. The van der Waals surface area contributed by atoms with Crippen molar-refractivity contribution in [3.05, 3.63) is 72.1 Å². The van der Waals surface area contributed by atoms with Crippen LogP contribution in [0.15, 0.2) is 60.8 Å². The third-order valence-electron chi connectivity index (χ3n) is 5.89. The lowest BCUT2D eigenvalue weighted by atomic mass is 10.1. The van der Waals surface area contributed by atoms with E-state index in [-0.39, 0.29) is 17.5 Å². The van der Waals surface area contributed by atoms with Crippen molar-refractivity contribution in [1.29, 1.82) is 0 Å². The summed E-state index contributed by atoms with van der Waals surface area (Å²) in [5, 5.41) is 7.33. The molecule has 10 nitrogen and oxygen atoms in total. The number of ether oxygens (including phenoxy) is 2. The van der Waals surface area contributed by atoms with Gasteiger partial charge in [-0.25, -0.2) is 9.50 Å². The first-order valence-corrected chi connectivity index (χ1v) is 11.7. The smallest absolute Gasteiger partial charge is 0.276 e. The molecule has 0 spiro atoms. The third kappa shape index (κ3) is 5.70. The molecule has 2 aromatic carbocycles. The molecule has 0 bridgehead atoms. The zero-order chi connectivity index (χ0) is 26.5. The average Bonchev–Trinajstić information content (AvgIpc) is 3.36. The molecular formula is C27H30N6O4. The Hall–Kier alpha value is -4.44. The molecule has 0 saturated carbocycles. The van der Waals surface area contributed by atoms with Crippen molar-refractivity contribution in [2.45, 2.75) is 0 Å². The van der Waals surface area contributed by atoms with Crippen molar-refractivity contribution >= 4 is 23.1 Å². The minimum absolute atomic E-state index is 0.0751. The molecule has 192 valence electrons. The summed E-state index contributed by atoms with van der Waals surface area (Å²) < 4.78 is 12.4. The van der Waals surface area contributed by atoms with Gasteiger partial charge in [0, 0.05) is 49.2 Å². The number of rotatable bonds is 9. The van der Waals surface area contributed by atoms with Gasteiger partial charge in [-0.3, -0.25) is 9.59 Å². The average molecular weight is 503 g/mol. The Balaban J connectivity index is 1.51. The topological polar surface area (TPSA) is 101 Å². The molecule has 1 N–H and O–H groups in total. The van der Waals surface area contributed by atoms with Gasteiger partial charge >= 0.3 is 0 Å². The number of anilines is 1. The maximum Gasteiger partial charge on any atom is 0.276 e. The van der Waals surface area contributed by atoms with E-state index in [1.54, 1.807) is 67.2 Å². The second-order valence-corrected chi connectivity index (χ2v) is 8.76. The number of benzene rings is 2. The molecule has 0 fully saturated rings. The molecule has 0 atom stereocenters. The SMILES string of the molecule is COc1ccc(-c2ccnc3cc(C(=O)Nc4ccc(C(=O)N(C)CCN(C)C)cc4)nn23)cc1OC. The number of carbonyl (C=O) groups excluding carboxylic acids is 2. The maximum absolute atomic E-state index is 13.0. The highest BCUT2D eigenvalue weighted by Gasteiger charge is 2.17. The quantitative estimate of drug-likeness (QED) is 0.375. The summed E-state index contributed by atoms with van der Waals surface area (Å²) >= 11 is 0. The Morgan fingerprint density at radius 3 is 2.32 bits per heavy atom. The molecular weight excluding hydrogens is 472 g/mol. The molecule has 0 aliphatic rings. The van der Waals surface area contributed by atoms with Crippen molar-refractivity contribution in [2.75, 3.05) is 53.8 Å². The predicted molar refractivity (Wildman–Crippen MR) is 141 cm³/mol. The number of likely N-dealkylation sites (N-methyl/N-ethyl adjacent to an activating group) is 2. The fraction of sp³-hybridized carbons (Fsp3) is 0.259. The minimum atomic E-state index is -0.383. The molecule has 4 aromatic rings. The fourth-order valence-corrected chi connectivity index (χ4v) is 3.78. The van der Waals surface area contributed by atoms with E-state index in [1.165, 1.54) is 0 Å². The molecule has 4 rings (SSSR count). The van der Waals surface area contributed by atoms with Crippen molar-refractivity contribution in [1.82, 2.24) is 24.4 Å². The van der Waals surface area contributed by atoms with Crippen LogP contribution in [0.1, 0.15) is 20.8 Å². The van der Waals surface area contributed by atoms with E-state index in [0.717, 1.165) is 17.8 Å². The van der Waals surface area contributed by atoms with Gasteiger partial charge in [-0.15, -0.1) is 0 Å². The minimum Gasteiger partial charge on any atom is -0.493 e. The van der Waals surface area contributed by atoms with Gasteiger partial charge in [-0.1, -0.05) is 0 Å². The first-order valence-electron chi connectivity index (χ1n) is 11.7. The van der Waals surface area contributed by atoms with Crippen LogP contribution in [0.25, 0.3) is 16.9 Å². The van der Waals surface area contributed by atoms with Crippen molar-refractivity contribution in [2.24, 2.45) is 0 Å². The number of fused-ring (bicyclic) bond motifs is 1. The van der Waals surface area contributed by atoms with Crippen LogP contribution in [-0.2, 0) is 0 Å². The third-order valence-corrected chi connectivity index (χ3v) is 5.89. The summed E-state index contributed by atoms with van der Waals surface area (Å²) in [6, 6.07) is 15.8. The van der Waals surface area contributed by atoms with E-state index in [4.69, 9.17) is 9.47 Å². The molecule has 0 aliphatic carbocycles. The monoisotopic (exact) mass is 502 g/mol. The highest BCUT2D eigenvalue weighted by molar-refractivity contribution is 6.04. The van der Waals surface area contributed by atoms with E-state index >= 15 is 0 Å². The Bertz CT molecular complexity index is 1410. The molecule has 2 aromatic heterocycles. The van der Waals surface area contributed by atoms with Gasteiger partial charge in [0.1, 0.15) is 0 Å². The normalized spacial score (nSPS) is 11.0. The molecule has 10 heteroatoms. The van der Waals surface area contributed by atoms with Gasteiger partial charge in [0.05, 0.1) is 19.9 Å². The van der Waals surface area contributed by atoms with Gasteiger partial charge in [0.25, 0.3) is 11.8 Å². The van der Waals surface area contributed by atoms with Crippen LogP contribution in [0.3, 0.4) is 0 Å². The highest BCUT2D eigenvalue weighted by Crippen LogP contribution is 2.32. The molecule has 0 aliphatic heterocycles. The summed E-state index contributed by atoms with van der Waals surface area (Å²) in [5.74, 6) is 0.741. The lowest BCUT2D eigenvalue weighted by Crippen LogP contribution is -2.33. The number of carbonyl (C=O) groups is 2. The Morgan fingerprint density at radius 2 is 1.65 bits per heavy atom. The Labute approximate surface area is 215 Å².